The Balaban J connectivity index is 1.42. The zero-order valence-corrected chi connectivity index (χ0v) is 14.6. The summed E-state index contributed by atoms with van der Waals surface area (Å²) in [4.78, 5) is 24.0. The van der Waals surface area contributed by atoms with Gasteiger partial charge in [0, 0.05) is 12.3 Å². The third-order valence-corrected chi connectivity index (χ3v) is 3.96. The number of para-hydroxylation sites is 1. The molecule has 0 N–H and O–H groups in total. The maximum atomic E-state index is 12.3. The second kappa shape index (κ2) is 7.70. The first-order valence-electron chi connectivity index (χ1n) is 8.45. The smallest absolute Gasteiger partial charge is 0.374 e. The Morgan fingerprint density at radius 1 is 1.04 bits per heavy atom. The zero-order chi connectivity index (χ0) is 19.3. The highest BCUT2D eigenvalue weighted by molar-refractivity contribution is 5.86. The van der Waals surface area contributed by atoms with Gasteiger partial charge in [0.1, 0.15) is 5.76 Å². The second-order valence-electron chi connectivity index (χ2n) is 5.85. The van der Waals surface area contributed by atoms with Crippen molar-refractivity contribution in [2.45, 2.75) is 13.2 Å². The quantitative estimate of drug-likeness (QED) is 0.472. The third-order valence-electron chi connectivity index (χ3n) is 3.96. The maximum Gasteiger partial charge on any atom is 0.374 e. The summed E-state index contributed by atoms with van der Waals surface area (Å²) < 4.78 is 13.7. The van der Waals surface area contributed by atoms with E-state index in [2.05, 4.69) is 15.5 Å². The fourth-order valence-electron chi connectivity index (χ4n) is 2.60. The minimum absolute atomic E-state index is 0.0396. The van der Waals surface area contributed by atoms with Gasteiger partial charge >= 0.3 is 5.97 Å². The van der Waals surface area contributed by atoms with Gasteiger partial charge in [0.25, 0.3) is 5.56 Å². The molecule has 9 nitrogen and oxygen atoms in total. The van der Waals surface area contributed by atoms with Crippen LogP contribution in [0.2, 0.25) is 0 Å². The van der Waals surface area contributed by atoms with Crippen LogP contribution >= 0.6 is 0 Å². The molecule has 9 heteroatoms. The van der Waals surface area contributed by atoms with Crippen molar-refractivity contribution >= 4 is 5.97 Å². The van der Waals surface area contributed by atoms with E-state index in [1.807, 2.05) is 30.3 Å². The minimum atomic E-state index is -0.644. The summed E-state index contributed by atoms with van der Waals surface area (Å²) >= 11 is 0. The van der Waals surface area contributed by atoms with Crippen molar-refractivity contribution in [3.05, 3.63) is 94.6 Å². The summed E-state index contributed by atoms with van der Waals surface area (Å²) in [5.41, 5.74) is 0.600. The number of aromatic nitrogens is 5. The summed E-state index contributed by atoms with van der Waals surface area (Å²) in [6.45, 7) is 0.105. The molecule has 4 aromatic rings. The fraction of sp³-hybridized carbons (Fsp3) is 0.105. The number of benzene rings is 1. The van der Waals surface area contributed by atoms with Crippen molar-refractivity contribution in [1.82, 2.24) is 24.8 Å². The highest BCUT2D eigenvalue weighted by Gasteiger charge is 2.16. The Morgan fingerprint density at radius 2 is 1.86 bits per heavy atom. The van der Waals surface area contributed by atoms with E-state index in [0.29, 0.717) is 11.6 Å². The van der Waals surface area contributed by atoms with Crippen LogP contribution in [-0.2, 0) is 17.9 Å². The van der Waals surface area contributed by atoms with Crippen LogP contribution in [0.3, 0.4) is 0 Å². The molecular weight excluding hydrogens is 362 g/mol. The van der Waals surface area contributed by atoms with Crippen LogP contribution in [0.15, 0.2) is 76.1 Å². The predicted molar refractivity (Wildman–Crippen MR) is 96.8 cm³/mol. The number of hydrogen-bond donors (Lipinski definition) is 0. The van der Waals surface area contributed by atoms with Crippen molar-refractivity contribution in [1.29, 1.82) is 0 Å². The second-order valence-corrected chi connectivity index (χ2v) is 5.85. The van der Waals surface area contributed by atoms with Crippen molar-refractivity contribution < 1.29 is 13.9 Å². The van der Waals surface area contributed by atoms with Gasteiger partial charge in [0.2, 0.25) is 5.76 Å². The van der Waals surface area contributed by atoms with Crippen LogP contribution in [0.1, 0.15) is 22.1 Å². The molecule has 0 aliphatic carbocycles. The molecule has 0 saturated heterocycles. The van der Waals surface area contributed by atoms with E-state index in [-0.39, 0.29) is 24.5 Å². The Morgan fingerprint density at radius 3 is 2.68 bits per heavy atom. The number of ether oxygens (including phenoxy) is 1. The monoisotopic (exact) mass is 377 g/mol. The lowest BCUT2D eigenvalue weighted by atomic mass is 10.3. The molecule has 4 rings (SSSR count). The molecule has 0 aliphatic heterocycles. The average molecular weight is 377 g/mol. The summed E-state index contributed by atoms with van der Waals surface area (Å²) in [7, 11) is 0. The van der Waals surface area contributed by atoms with E-state index < -0.39 is 5.97 Å². The van der Waals surface area contributed by atoms with Gasteiger partial charge in [-0.15, -0.1) is 5.10 Å². The summed E-state index contributed by atoms with van der Waals surface area (Å²) in [6.07, 6.45) is 1.65. The molecule has 1 aromatic carbocycles. The molecule has 0 aliphatic rings. The zero-order valence-electron chi connectivity index (χ0n) is 14.6. The largest absolute Gasteiger partial charge is 0.452 e. The van der Waals surface area contributed by atoms with Crippen molar-refractivity contribution in [2.24, 2.45) is 0 Å². The lowest BCUT2D eigenvalue weighted by Crippen LogP contribution is -2.17. The van der Waals surface area contributed by atoms with Gasteiger partial charge < -0.3 is 13.7 Å². The molecule has 3 aromatic heterocycles. The first kappa shape index (κ1) is 17.4. The van der Waals surface area contributed by atoms with Crippen molar-refractivity contribution in [3.63, 3.8) is 0 Å². The molecule has 0 saturated carbocycles. The van der Waals surface area contributed by atoms with Crippen molar-refractivity contribution in [2.75, 3.05) is 0 Å². The summed E-state index contributed by atoms with van der Waals surface area (Å²) in [6, 6.07) is 17.3. The van der Waals surface area contributed by atoms with Gasteiger partial charge in [0.15, 0.2) is 12.4 Å². The van der Waals surface area contributed by atoms with Crippen LogP contribution in [0.5, 0.6) is 0 Å². The van der Waals surface area contributed by atoms with Crippen LogP contribution in [0, 0.1) is 0 Å². The number of esters is 1. The van der Waals surface area contributed by atoms with Gasteiger partial charge in [-0.25, -0.2) is 4.79 Å². The average Bonchev–Trinajstić information content (AvgIpc) is 3.38. The van der Waals surface area contributed by atoms with E-state index in [9.17, 15) is 9.59 Å². The fourth-order valence-corrected chi connectivity index (χ4v) is 2.60. The first-order valence-corrected chi connectivity index (χ1v) is 8.45. The number of pyridine rings is 1. The van der Waals surface area contributed by atoms with Gasteiger partial charge in [-0.05, 0) is 40.8 Å². The summed E-state index contributed by atoms with van der Waals surface area (Å²) in [5.74, 6) is 0.239. The number of furan rings is 1. The molecular formula is C19H15N5O4. The van der Waals surface area contributed by atoms with E-state index in [4.69, 9.17) is 9.15 Å². The standard InChI is InChI=1S/C19H15N5O4/c25-18-8-4-5-11-23(18)12-15-9-10-16(28-15)19(26)27-13-17-20-21-22-24(17)14-6-2-1-3-7-14/h1-11H,12-13H2. The number of tetrazole rings is 1. The maximum absolute atomic E-state index is 12.3. The van der Waals surface area contributed by atoms with Gasteiger partial charge in [0.05, 0.1) is 12.2 Å². The number of nitrogens with zero attached hydrogens (tertiary/aromatic N) is 5. The normalized spacial score (nSPS) is 10.7. The SMILES string of the molecule is O=C(OCc1nnnn1-c1ccccc1)c1ccc(Cn2ccccc2=O)o1. The highest BCUT2D eigenvalue weighted by atomic mass is 16.5. The molecule has 0 unspecified atom stereocenters. The minimum Gasteiger partial charge on any atom is -0.452 e. The van der Waals surface area contributed by atoms with Crippen LogP contribution in [0.25, 0.3) is 5.69 Å². The molecule has 140 valence electrons. The lowest BCUT2D eigenvalue weighted by Gasteiger charge is -2.05. The molecule has 0 atom stereocenters. The molecule has 0 fully saturated rings. The van der Waals surface area contributed by atoms with Crippen LogP contribution < -0.4 is 5.56 Å². The van der Waals surface area contributed by atoms with Crippen LogP contribution in [-0.4, -0.2) is 30.7 Å². The van der Waals surface area contributed by atoms with Crippen LogP contribution in [0.4, 0.5) is 0 Å². The van der Waals surface area contributed by atoms with E-state index in [1.54, 1.807) is 24.4 Å². The van der Waals surface area contributed by atoms with Gasteiger partial charge in [-0.3, -0.25) is 4.79 Å². The topological polar surface area (TPSA) is 105 Å². The molecule has 3 heterocycles. The van der Waals surface area contributed by atoms with Crippen molar-refractivity contribution in [3.8, 4) is 5.69 Å². The third kappa shape index (κ3) is 3.73. The Labute approximate surface area is 158 Å². The molecule has 0 radical (unpaired) electrons. The molecule has 0 bridgehead atoms. The Kier molecular flexibility index (Phi) is 4.79. The molecule has 28 heavy (non-hydrogen) atoms. The Bertz CT molecular complexity index is 1150. The van der Waals surface area contributed by atoms with E-state index in [1.165, 1.54) is 21.4 Å². The van der Waals surface area contributed by atoms with Gasteiger partial charge in [-0.1, -0.05) is 24.3 Å². The number of hydrogen-bond acceptors (Lipinski definition) is 7. The number of carbonyl (C=O) groups is 1. The van der Waals surface area contributed by atoms with E-state index in [0.717, 1.165) is 5.69 Å². The summed E-state index contributed by atoms with van der Waals surface area (Å²) in [5, 5.41) is 11.4. The first-order chi connectivity index (χ1) is 13.7. The molecule has 0 spiro atoms. The predicted octanol–water partition coefficient (Wildman–Crippen LogP) is 1.82. The Hall–Kier alpha value is -4.01. The number of rotatable bonds is 6. The van der Waals surface area contributed by atoms with Gasteiger partial charge in [-0.2, -0.15) is 4.68 Å². The number of carbonyl (C=O) groups excluding carboxylic acids is 1. The highest BCUT2D eigenvalue weighted by Crippen LogP contribution is 2.12. The van der Waals surface area contributed by atoms with E-state index >= 15 is 0 Å². The molecule has 0 amide bonds. The lowest BCUT2D eigenvalue weighted by molar-refractivity contribution is 0.0421.